The Morgan fingerprint density at radius 2 is 0.576 bits per heavy atom. The molecule has 6 nitrogen and oxygen atoms in total. The summed E-state index contributed by atoms with van der Waals surface area (Å²) in [5.74, 6) is -0.577. The largest absolute Gasteiger partial charge is 0.394 e. The van der Waals surface area contributed by atoms with Crippen LogP contribution in [0.2, 0.25) is 0 Å². The second-order valence-electron chi connectivity index (χ2n) is 18.9. The highest BCUT2D eigenvalue weighted by Crippen LogP contribution is 2.18. The highest BCUT2D eigenvalue weighted by atomic mass is 16.3. The van der Waals surface area contributed by atoms with Gasteiger partial charge in [0.1, 0.15) is 12.2 Å². The van der Waals surface area contributed by atoms with Gasteiger partial charge in [-0.2, -0.15) is 0 Å². The Kier molecular flexibility index (Phi) is 47.8. The Hall–Kier alpha value is -0.690. The van der Waals surface area contributed by atoms with Crippen molar-refractivity contribution in [3.8, 4) is 0 Å². The summed E-state index contributed by atoms with van der Waals surface area (Å²) < 4.78 is 0. The number of hydrogen-bond acceptors (Lipinski definition) is 5. The van der Waals surface area contributed by atoms with Gasteiger partial charge in [0.15, 0.2) is 0 Å². The summed E-state index contributed by atoms with van der Waals surface area (Å²) in [5, 5.41) is 43.9. The number of amides is 1. The predicted molar refractivity (Wildman–Crippen MR) is 256 cm³/mol. The number of aliphatic hydroxyl groups is 4. The maximum Gasteiger partial charge on any atom is 0.249 e. The molecule has 0 aliphatic rings. The zero-order chi connectivity index (χ0) is 43.1. The summed E-state index contributed by atoms with van der Waals surface area (Å²) in [4.78, 5) is 12.6. The molecule has 4 unspecified atom stereocenters. The van der Waals surface area contributed by atoms with E-state index in [0.717, 1.165) is 38.5 Å². The maximum absolute atomic E-state index is 12.6. The monoisotopic (exact) mass is 838 g/mol. The van der Waals surface area contributed by atoms with E-state index in [2.05, 4.69) is 19.2 Å². The van der Waals surface area contributed by atoms with Gasteiger partial charge < -0.3 is 25.7 Å². The van der Waals surface area contributed by atoms with E-state index in [1.807, 2.05) is 0 Å². The van der Waals surface area contributed by atoms with E-state index < -0.39 is 36.9 Å². The molecule has 0 aromatic heterocycles. The van der Waals surface area contributed by atoms with E-state index in [-0.39, 0.29) is 0 Å². The van der Waals surface area contributed by atoms with Crippen LogP contribution < -0.4 is 5.32 Å². The number of hydrogen-bond donors (Lipinski definition) is 5. The molecule has 0 aromatic rings. The zero-order valence-electron chi connectivity index (χ0n) is 40.0. The average molecular weight is 838 g/mol. The number of rotatable bonds is 50. The molecule has 0 saturated heterocycles. The van der Waals surface area contributed by atoms with Gasteiger partial charge in [-0.25, -0.2) is 0 Å². The minimum atomic E-state index is -1.25. The zero-order valence-corrected chi connectivity index (χ0v) is 40.0. The smallest absolute Gasteiger partial charge is 0.249 e. The van der Waals surface area contributed by atoms with E-state index in [9.17, 15) is 25.2 Å². The van der Waals surface area contributed by atoms with Crippen molar-refractivity contribution in [2.24, 2.45) is 0 Å². The minimum absolute atomic E-state index is 0.376. The van der Waals surface area contributed by atoms with E-state index in [1.54, 1.807) is 0 Å². The van der Waals surface area contributed by atoms with Crippen LogP contribution in [0.25, 0.3) is 0 Å². The van der Waals surface area contributed by atoms with Crippen LogP contribution in [0, 0.1) is 0 Å². The Labute approximate surface area is 369 Å². The number of nitrogens with one attached hydrogen (secondary N) is 1. The normalized spacial score (nSPS) is 13.8. The lowest BCUT2D eigenvalue weighted by atomic mass is 9.99. The average Bonchev–Trinajstić information content (AvgIpc) is 3.24. The molecule has 5 N–H and O–H groups in total. The molecule has 0 bridgehead atoms. The van der Waals surface area contributed by atoms with Crippen molar-refractivity contribution >= 4 is 5.91 Å². The van der Waals surface area contributed by atoms with Crippen molar-refractivity contribution in [2.45, 2.75) is 327 Å². The van der Waals surface area contributed by atoms with E-state index in [4.69, 9.17) is 0 Å². The molecule has 0 spiro atoms. The van der Waals surface area contributed by atoms with Crippen LogP contribution in [0.5, 0.6) is 0 Å². The molecular formula is C53H107NO5. The second-order valence-corrected chi connectivity index (χ2v) is 18.9. The Morgan fingerprint density at radius 1 is 0.356 bits per heavy atom. The van der Waals surface area contributed by atoms with Crippen LogP contribution in [0.15, 0.2) is 0 Å². The first kappa shape index (κ1) is 58.3. The first-order chi connectivity index (χ1) is 29.0. The molecule has 0 radical (unpaired) electrons. The standard InChI is InChI=1S/C53H107NO5/c1-3-5-7-9-11-13-15-17-19-20-21-22-23-24-25-26-27-28-29-30-31-33-35-37-39-41-43-45-47-51(57)53(59)54-49(48-55)52(58)50(56)46-44-42-40-38-36-34-32-18-16-14-12-10-8-6-4-2/h49-52,55-58H,3-48H2,1-2H3,(H,54,59). The Morgan fingerprint density at radius 3 is 0.814 bits per heavy atom. The molecule has 0 aliphatic carbocycles. The molecule has 354 valence electrons. The van der Waals surface area contributed by atoms with Gasteiger partial charge in [0.25, 0.3) is 0 Å². The maximum atomic E-state index is 12.6. The summed E-state index contributed by atoms with van der Waals surface area (Å²) in [6.07, 6.45) is 54.5. The predicted octanol–water partition coefficient (Wildman–Crippen LogP) is 15.1. The van der Waals surface area contributed by atoms with Crippen molar-refractivity contribution in [2.75, 3.05) is 6.61 Å². The molecule has 0 saturated carbocycles. The van der Waals surface area contributed by atoms with E-state index >= 15 is 0 Å². The number of unbranched alkanes of at least 4 members (excludes halogenated alkanes) is 41. The van der Waals surface area contributed by atoms with Gasteiger partial charge in [0, 0.05) is 0 Å². The fourth-order valence-electron chi connectivity index (χ4n) is 8.82. The topological polar surface area (TPSA) is 110 Å². The third-order valence-electron chi connectivity index (χ3n) is 13.1. The third-order valence-corrected chi connectivity index (χ3v) is 13.1. The van der Waals surface area contributed by atoms with Crippen LogP contribution in [0.4, 0.5) is 0 Å². The van der Waals surface area contributed by atoms with Gasteiger partial charge in [-0.3, -0.25) is 4.79 Å². The lowest BCUT2D eigenvalue weighted by Crippen LogP contribution is -2.53. The molecule has 0 aromatic carbocycles. The fraction of sp³-hybridized carbons (Fsp3) is 0.981. The van der Waals surface area contributed by atoms with Crippen LogP contribution in [0.3, 0.4) is 0 Å². The van der Waals surface area contributed by atoms with Gasteiger partial charge in [-0.1, -0.05) is 290 Å². The third kappa shape index (κ3) is 42.4. The van der Waals surface area contributed by atoms with Crippen molar-refractivity contribution in [3.05, 3.63) is 0 Å². The first-order valence-electron chi connectivity index (χ1n) is 26.9. The second kappa shape index (κ2) is 48.3. The SMILES string of the molecule is CCCCCCCCCCCCCCCCCCCCCCCCCCCCCCC(O)C(=O)NC(CO)C(O)C(O)CCCCCCCCCCCCCCCCC. The van der Waals surface area contributed by atoms with Crippen LogP contribution in [-0.4, -0.2) is 57.3 Å². The van der Waals surface area contributed by atoms with E-state index in [1.165, 1.54) is 238 Å². The summed E-state index contributed by atoms with van der Waals surface area (Å²) in [7, 11) is 0. The summed E-state index contributed by atoms with van der Waals surface area (Å²) in [5.41, 5.74) is 0. The van der Waals surface area contributed by atoms with Gasteiger partial charge in [-0.15, -0.1) is 0 Å². The van der Waals surface area contributed by atoms with Gasteiger partial charge in [0.2, 0.25) is 5.91 Å². The number of aliphatic hydroxyl groups excluding tert-OH is 4. The van der Waals surface area contributed by atoms with Crippen LogP contribution in [0.1, 0.15) is 303 Å². The number of carbonyl (C=O) groups is 1. The highest BCUT2D eigenvalue weighted by molar-refractivity contribution is 5.80. The summed E-state index contributed by atoms with van der Waals surface area (Å²) >= 11 is 0. The number of carbonyl (C=O) groups excluding carboxylic acids is 1. The van der Waals surface area contributed by atoms with Crippen LogP contribution in [-0.2, 0) is 4.79 Å². The Bertz CT molecular complexity index is 811. The van der Waals surface area contributed by atoms with Gasteiger partial charge in [-0.05, 0) is 12.8 Å². The molecule has 59 heavy (non-hydrogen) atoms. The molecule has 6 heteroatoms. The highest BCUT2D eigenvalue weighted by Gasteiger charge is 2.28. The van der Waals surface area contributed by atoms with Gasteiger partial charge in [0.05, 0.1) is 18.8 Å². The van der Waals surface area contributed by atoms with E-state index in [0.29, 0.717) is 12.8 Å². The van der Waals surface area contributed by atoms with Gasteiger partial charge >= 0.3 is 0 Å². The molecular weight excluding hydrogens is 731 g/mol. The first-order valence-corrected chi connectivity index (χ1v) is 26.9. The fourth-order valence-corrected chi connectivity index (χ4v) is 8.82. The lowest BCUT2D eigenvalue weighted by Gasteiger charge is -2.27. The quantitative estimate of drug-likeness (QED) is 0.0392. The summed E-state index contributed by atoms with van der Waals surface area (Å²) in [6, 6.07) is -0.979. The van der Waals surface area contributed by atoms with Crippen LogP contribution >= 0.6 is 0 Å². The van der Waals surface area contributed by atoms with Crippen molar-refractivity contribution in [1.29, 1.82) is 0 Å². The Balaban J connectivity index is 3.56. The minimum Gasteiger partial charge on any atom is -0.394 e. The van der Waals surface area contributed by atoms with Crippen molar-refractivity contribution in [1.82, 2.24) is 5.32 Å². The molecule has 0 fully saturated rings. The van der Waals surface area contributed by atoms with Crippen molar-refractivity contribution < 1.29 is 25.2 Å². The molecule has 0 heterocycles. The molecule has 1 amide bonds. The van der Waals surface area contributed by atoms with Crippen molar-refractivity contribution in [3.63, 3.8) is 0 Å². The lowest BCUT2D eigenvalue weighted by molar-refractivity contribution is -0.132. The molecule has 4 atom stereocenters. The molecule has 0 rings (SSSR count). The summed E-state index contributed by atoms with van der Waals surface area (Å²) in [6.45, 7) is 4.09. The molecule has 0 aliphatic heterocycles.